The van der Waals surface area contributed by atoms with E-state index < -0.39 is 0 Å². The first-order chi connectivity index (χ1) is 5.43. The molecular formula is C9H9BrO. The van der Waals surface area contributed by atoms with Crippen LogP contribution in [0, 0.1) is 0 Å². The fraction of sp³-hybridized carbons (Fsp3) is 0.111. The molecule has 1 aromatic rings. The van der Waals surface area contributed by atoms with Crippen LogP contribution in [-0.2, 0) is 3.83 Å². The summed E-state index contributed by atoms with van der Waals surface area (Å²) in [6.07, 6.45) is 3.96. The van der Waals surface area contributed by atoms with Crippen molar-refractivity contribution >= 4 is 22.3 Å². The molecule has 1 nitrogen and oxygen atoms in total. The zero-order chi connectivity index (χ0) is 7.94. The molecule has 0 heterocycles. The van der Waals surface area contributed by atoms with Crippen molar-refractivity contribution in [3.05, 3.63) is 42.0 Å². The molecule has 0 amide bonds. The average Bonchev–Trinajstić information content (AvgIpc) is 2.07. The van der Waals surface area contributed by atoms with Gasteiger partial charge < -0.3 is 3.83 Å². The van der Waals surface area contributed by atoms with Crippen LogP contribution in [0.15, 0.2) is 36.4 Å². The zero-order valence-electron chi connectivity index (χ0n) is 6.03. The molecule has 0 N–H and O–H groups in total. The van der Waals surface area contributed by atoms with Gasteiger partial charge in [0.15, 0.2) is 0 Å². The summed E-state index contributed by atoms with van der Waals surface area (Å²) in [5.41, 5.74) is 1.19. The highest BCUT2D eigenvalue weighted by Crippen LogP contribution is 2.00. The standard InChI is InChI=1S/C9H9BrO/c10-11-8-4-7-9-5-2-1-3-6-9/h1-7H,8H2. The van der Waals surface area contributed by atoms with E-state index >= 15 is 0 Å². The predicted octanol–water partition coefficient (Wildman–Crippen LogP) is 3.03. The van der Waals surface area contributed by atoms with Crippen molar-refractivity contribution in [3.8, 4) is 0 Å². The second-order valence-corrected chi connectivity index (χ2v) is 2.55. The average molecular weight is 213 g/mol. The summed E-state index contributed by atoms with van der Waals surface area (Å²) in [6.45, 7) is 0.592. The number of benzene rings is 1. The minimum atomic E-state index is 0.592. The van der Waals surface area contributed by atoms with Crippen molar-refractivity contribution in [2.24, 2.45) is 0 Å². The Morgan fingerprint density at radius 3 is 2.64 bits per heavy atom. The molecule has 0 aliphatic heterocycles. The molecular weight excluding hydrogens is 204 g/mol. The van der Waals surface area contributed by atoms with Crippen LogP contribution in [0.4, 0.5) is 0 Å². The normalized spacial score (nSPS) is 10.6. The Hall–Kier alpha value is -0.600. The first-order valence-corrected chi connectivity index (χ1v) is 4.03. The lowest BCUT2D eigenvalue weighted by molar-refractivity contribution is 0.456. The van der Waals surface area contributed by atoms with Crippen molar-refractivity contribution in [2.75, 3.05) is 6.61 Å². The molecule has 11 heavy (non-hydrogen) atoms. The van der Waals surface area contributed by atoms with Crippen LogP contribution < -0.4 is 0 Å². The zero-order valence-corrected chi connectivity index (χ0v) is 7.62. The number of hydrogen-bond acceptors (Lipinski definition) is 1. The molecule has 1 aromatic carbocycles. The molecule has 1 rings (SSSR count). The summed E-state index contributed by atoms with van der Waals surface area (Å²) >= 11 is 2.87. The van der Waals surface area contributed by atoms with E-state index in [2.05, 4.69) is 20.1 Å². The van der Waals surface area contributed by atoms with Crippen LogP contribution in [0.5, 0.6) is 0 Å². The molecule has 2 heteroatoms. The Morgan fingerprint density at radius 2 is 2.00 bits per heavy atom. The third kappa shape index (κ3) is 3.35. The monoisotopic (exact) mass is 212 g/mol. The van der Waals surface area contributed by atoms with Crippen molar-refractivity contribution in [1.29, 1.82) is 0 Å². The summed E-state index contributed by atoms with van der Waals surface area (Å²) in [5.74, 6) is 0. The van der Waals surface area contributed by atoms with Crippen LogP contribution >= 0.6 is 16.3 Å². The lowest BCUT2D eigenvalue weighted by atomic mass is 10.2. The van der Waals surface area contributed by atoms with Crippen molar-refractivity contribution in [1.82, 2.24) is 0 Å². The topological polar surface area (TPSA) is 9.23 Å². The molecule has 0 radical (unpaired) electrons. The largest absolute Gasteiger partial charge is 0.304 e. The van der Waals surface area contributed by atoms with Crippen molar-refractivity contribution in [2.45, 2.75) is 0 Å². The summed E-state index contributed by atoms with van der Waals surface area (Å²) in [5, 5.41) is 0. The van der Waals surface area contributed by atoms with Gasteiger partial charge in [-0.3, -0.25) is 0 Å². The summed E-state index contributed by atoms with van der Waals surface area (Å²) in [7, 11) is 0. The van der Waals surface area contributed by atoms with Gasteiger partial charge in [0.25, 0.3) is 0 Å². The van der Waals surface area contributed by atoms with E-state index in [1.165, 1.54) is 5.56 Å². The maximum atomic E-state index is 4.69. The fourth-order valence-electron chi connectivity index (χ4n) is 0.785. The van der Waals surface area contributed by atoms with Gasteiger partial charge in [0.05, 0.1) is 22.9 Å². The van der Waals surface area contributed by atoms with E-state index in [9.17, 15) is 0 Å². The lowest BCUT2D eigenvalue weighted by Crippen LogP contribution is -1.74. The van der Waals surface area contributed by atoms with Crippen molar-refractivity contribution < 1.29 is 3.83 Å². The highest BCUT2D eigenvalue weighted by molar-refractivity contribution is 9.06. The molecule has 0 spiro atoms. The number of hydrogen-bond donors (Lipinski definition) is 0. The van der Waals surface area contributed by atoms with Crippen LogP contribution in [0.3, 0.4) is 0 Å². The first kappa shape index (κ1) is 8.50. The third-order valence-electron chi connectivity index (χ3n) is 1.27. The minimum absolute atomic E-state index is 0.592. The summed E-state index contributed by atoms with van der Waals surface area (Å²) in [4.78, 5) is 0. The molecule has 0 atom stereocenters. The molecule has 0 aliphatic carbocycles. The van der Waals surface area contributed by atoms with Gasteiger partial charge in [0.1, 0.15) is 0 Å². The lowest BCUT2D eigenvalue weighted by Gasteiger charge is -1.89. The van der Waals surface area contributed by atoms with Crippen LogP contribution in [0.25, 0.3) is 6.08 Å². The van der Waals surface area contributed by atoms with E-state index in [-0.39, 0.29) is 0 Å². The van der Waals surface area contributed by atoms with Gasteiger partial charge in [-0.2, -0.15) is 0 Å². The quantitative estimate of drug-likeness (QED) is 0.749. The second-order valence-electron chi connectivity index (χ2n) is 2.09. The van der Waals surface area contributed by atoms with E-state index in [0.29, 0.717) is 6.61 Å². The number of rotatable bonds is 3. The molecule has 0 aliphatic rings. The number of halogens is 1. The molecule has 0 aromatic heterocycles. The van der Waals surface area contributed by atoms with E-state index in [0.717, 1.165) is 0 Å². The Balaban J connectivity index is 2.50. The minimum Gasteiger partial charge on any atom is -0.304 e. The summed E-state index contributed by atoms with van der Waals surface area (Å²) < 4.78 is 4.69. The van der Waals surface area contributed by atoms with E-state index in [1.807, 2.05) is 42.5 Å². The first-order valence-electron chi connectivity index (χ1n) is 3.38. The maximum Gasteiger partial charge on any atom is 0.0991 e. The Bertz CT molecular complexity index is 218. The van der Waals surface area contributed by atoms with Crippen LogP contribution in [0.1, 0.15) is 5.56 Å². The van der Waals surface area contributed by atoms with Gasteiger partial charge in [-0.05, 0) is 5.56 Å². The summed E-state index contributed by atoms with van der Waals surface area (Å²) in [6, 6.07) is 10.1. The van der Waals surface area contributed by atoms with Gasteiger partial charge in [-0.1, -0.05) is 42.5 Å². The molecule has 0 saturated heterocycles. The third-order valence-corrected chi connectivity index (χ3v) is 1.53. The maximum absolute atomic E-state index is 4.69. The van der Waals surface area contributed by atoms with Gasteiger partial charge in [-0.15, -0.1) is 0 Å². The molecule has 0 fully saturated rings. The molecule has 58 valence electrons. The molecule has 0 bridgehead atoms. The van der Waals surface area contributed by atoms with Gasteiger partial charge in [-0.25, -0.2) is 0 Å². The molecule has 0 unspecified atom stereocenters. The highest BCUT2D eigenvalue weighted by atomic mass is 79.9. The second kappa shape index (κ2) is 5.10. The van der Waals surface area contributed by atoms with E-state index in [4.69, 9.17) is 0 Å². The Labute approximate surface area is 75.1 Å². The smallest absolute Gasteiger partial charge is 0.0991 e. The van der Waals surface area contributed by atoms with E-state index in [1.54, 1.807) is 0 Å². The highest BCUT2D eigenvalue weighted by Gasteiger charge is 1.80. The van der Waals surface area contributed by atoms with Gasteiger partial charge in [0, 0.05) is 0 Å². The van der Waals surface area contributed by atoms with Gasteiger partial charge >= 0.3 is 0 Å². The van der Waals surface area contributed by atoms with Gasteiger partial charge in [0.2, 0.25) is 0 Å². The molecule has 0 saturated carbocycles. The van der Waals surface area contributed by atoms with Crippen LogP contribution in [-0.4, -0.2) is 6.61 Å². The fourth-order valence-corrected chi connectivity index (χ4v) is 0.937. The Kier molecular flexibility index (Phi) is 3.94. The Morgan fingerprint density at radius 1 is 1.27 bits per heavy atom. The predicted molar refractivity (Wildman–Crippen MR) is 50.4 cm³/mol. The van der Waals surface area contributed by atoms with Crippen molar-refractivity contribution in [3.63, 3.8) is 0 Å². The SMILES string of the molecule is BrOCC=Cc1ccccc1. The van der Waals surface area contributed by atoms with Crippen LogP contribution in [0.2, 0.25) is 0 Å².